The summed E-state index contributed by atoms with van der Waals surface area (Å²) >= 11 is 0. The first-order valence-corrected chi connectivity index (χ1v) is 11.1. The molecule has 1 heterocycles. The van der Waals surface area contributed by atoms with Crippen molar-refractivity contribution >= 4 is 16.8 Å². The third-order valence-corrected chi connectivity index (χ3v) is 7.43. The van der Waals surface area contributed by atoms with Gasteiger partial charge in [-0.05, 0) is 75.3 Å². The van der Waals surface area contributed by atoms with Gasteiger partial charge in [0.25, 0.3) is 11.5 Å². The molecule has 6 heteroatoms. The lowest BCUT2D eigenvalue weighted by Crippen LogP contribution is -3.11. The van der Waals surface area contributed by atoms with E-state index in [-0.39, 0.29) is 17.0 Å². The van der Waals surface area contributed by atoms with Crippen LogP contribution in [-0.4, -0.2) is 34.5 Å². The molecule has 1 aromatic carbocycles. The van der Waals surface area contributed by atoms with Crippen LogP contribution in [0, 0.1) is 17.8 Å². The Morgan fingerprint density at radius 3 is 2.48 bits per heavy atom. The molecule has 0 aliphatic heterocycles. The molecule has 6 rings (SSSR count). The van der Waals surface area contributed by atoms with Gasteiger partial charge >= 0.3 is 0 Å². The SMILES string of the molecule is CC[NH+](CC(=O)NC12CC3CC(CC(C3)C1)C2)Cc1nc2ccccc2c(=O)[nH]1. The van der Waals surface area contributed by atoms with Gasteiger partial charge < -0.3 is 15.2 Å². The number of likely N-dealkylation sites (N-methyl/N-ethyl adjacent to an activating group) is 1. The summed E-state index contributed by atoms with van der Waals surface area (Å²) in [7, 11) is 0. The summed E-state index contributed by atoms with van der Waals surface area (Å²) in [5.74, 6) is 3.26. The van der Waals surface area contributed by atoms with Gasteiger partial charge in [0, 0.05) is 5.54 Å². The summed E-state index contributed by atoms with van der Waals surface area (Å²) < 4.78 is 0. The Kier molecular flexibility index (Phi) is 4.69. The van der Waals surface area contributed by atoms with Crippen molar-refractivity contribution < 1.29 is 9.69 Å². The van der Waals surface area contributed by atoms with Crippen molar-refractivity contribution in [2.24, 2.45) is 17.8 Å². The van der Waals surface area contributed by atoms with Crippen LogP contribution in [0.3, 0.4) is 0 Å². The highest BCUT2D eigenvalue weighted by Crippen LogP contribution is 2.55. The molecule has 0 spiro atoms. The zero-order chi connectivity index (χ0) is 20.0. The van der Waals surface area contributed by atoms with Gasteiger partial charge in [0.2, 0.25) is 0 Å². The van der Waals surface area contributed by atoms with Gasteiger partial charge in [0.15, 0.2) is 12.4 Å². The molecule has 2 aromatic rings. The number of aromatic amines is 1. The van der Waals surface area contributed by atoms with Crippen LogP contribution in [0.4, 0.5) is 0 Å². The second-order valence-corrected chi connectivity index (χ2v) is 9.73. The highest BCUT2D eigenvalue weighted by atomic mass is 16.2. The second kappa shape index (κ2) is 7.24. The number of aromatic nitrogens is 2. The quantitative estimate of drug-likeness (QED) is 0.692. The molecule has 29 heavy (non-hydrogen) atoms. The molecule has 4 aliphatic rings. The molecule has 0 saturated heterocycles. The lowest BCUT2D eigenvalue weighted by molar-refractivity contribution is -0.904. The zero-order valence-electron chi connectivity index (χ0n) is 17.2. The molecule has 0 radical (unpaired) electrons. The van der Waals surface area contributed by atoms with Crippen molar-refractivity contribution in [3.8, 4) is 0 Å². The van der Waals surface area contributed by atoms with Crippen LogP contribution >= 0.6 is 0 Å². The molecule has 4 aliphatic carbocycles. The number of amides is 1. The van der Waals surface area contributed by atoms with Crippen molar-refractivity contribution in [3.05, 3.63) is 40.4 Å². The predicted octanol–water partition coefficient (Wildman–Crippen LogP) is 1.41. The van der Waals surface area contributed by atoms with Crippen LogP contribution in [0.2, 0.25) is 0 Å². The highest BCUT2D eigenvalue weighted by Gasteiger charge is 2.51. The summed E-state index contributed by atoms with van der Waals surface area (Å²) in [4.78, 5) is 33.9. The smallest absolute Gasteiger partial charge is 0.275 e. The Bertz CT molecular complexity index is 947. The van der Waals surface area contributed by atoms with Gasteiger partial charge in [-0.25, -0.2) is 4.98 Å². The predicted molar refractivity (Wildman–Crippen MR) is 111 cm³/mol. The van der Waals surface area contributed by atoms with E-state index in [1.165, 1.54) is 38.5 Å². The number of H-pyrrole nitrogens is 1. The van der Waals surface area contributed by atoms with E-state index in [1.807, 2.05) is 18.2 Å². The third kappa shape index (κ3) is 3.70. The molecule has 4 bridgehead atoms. The van der Waals surface area contributed by atoms with Crippen molar-refractivity contribution in [2.75, 3.05) is 13.1 Å². The Morgan fingerprint density at radius 2 is 1.83 bits per heavy atom. The normalized spacial score (nSPS) is 31.1. The summed E-state index contributed by atoms with van der Waals surface area (Å²) in [5, 5.41) is 4.07. The molecular weight excluding hydrogens is 364 g/mol. The minimum atomic E-state index is -0.112. The lowest BCUT2D eigenvalue weighted by Gasteiger charge is -2.56. The number of carbonyl (C=O) groups is 1. The van der Waals surface area contributed by atoms with Crippen LogP contribution in [-0.2, 0) is 11.3 Å². The largest absolute Gasteiger partial charge is 0.346 e. The maximum atomic E-state index is 12.9. The van der Waals surface area contributed by atoms with E-state index < -0.39 is 0 Å². The van der Waals surface area contributed by atoms with E-state index in [0.29, 0.717) is 29.8 Å². The minimum absolute atomic E-state index is 0.0558. The van der Waals surface area contributed by atoms with E-state index in [4.69, 9.17) is 0 Å². The number of hydrogen-bond donors (Lipinski definition) is 3. The number of fused-ring (bicyclic) bond motifs is 1. The van der Waals surface area contributed by atoms with Crippen molar-refractivity contribution in [1.29, 1.82) is 0 Å². The van der Waals surface area contributed by atoms with Crippen molar-refractivity contribution in [2.45, 2.75) is 57.5 Å². The monoisotopic (exact) mass is 395 g/mol. The van der Waals surface area contributed by atoms with Crippen molar-refractivity contribution in [1.82, 2.24) is 15.3 Å². The Hall–Kier alpha value is -2.21. The minimum Gasteiger partial charge on any atom is -0.346 e. The fourth-order valence-electron chi connectivity index (χ4n) is 6.60. The molecule has 4 saturated carbocycles. The van der Waals surface area contributed by atoms with Crippen LogP contribution in [0.5, 0.6) is 0 Å². The standard InChI is InChI=1S/C23H30N4O2/c1-2-27(13-20-24-19-6-4-3-5-18(19)22(29)25-20)14-21(28)26-23-10-15-7-16(11-23)9-17(8-15)12-23/h3-6,15-17H,2,7-14H2,1H3,(H,26,28)(H,24,25,29)/p+1. The molecule has 1 amide bonds. The number of para-hydroxylation sites is 1. The number of nitrogens with zero attached hydrogens (tertiary/aromatic N) is 1. The highest BCUT2D eigenvalue weighted by molar-refractivity contribution is 5.78. The van der Waals surface area contributed by atoms with Gasteiger partial charge in [0.1, 0.15) is 6.54 Å². The molecule has 3 N–H and O–H groups in total. The van der Waals surface area contributed by atoms with Crippen LogP contribution in [0.15, 0.2) is 29.1 Å². The summed E-state index contributed by atoms with van der Waals surface area (Å²) in [6.07, 6.45) is 7.65. The Morgan fingerprint density at radius 1 is 1.17 bits per heavy atom. The summed E-state index contributed by atoms with van der Waals surface area (Å²) in [6, 6.07) is 7.38. The Labute approximate surface area is 171 Å². The van der Waals surface area contributed by atoms with Gasteiger partial charge in [-0.15, -0.1) is 0 Å². The van der Waals surface area contributed by atoms with Crippen molar-refractivity contribution in [3.63, 3.8) is 0 Å². The number of quaternary nitrogens is 1. The van der Waals surface area contributed by atoms with Gasteiger partial charge in [-0.2, -0.15) is 0 Å². The topological polar surface area (TPSA) is 79.3 Å². The fourth-order valence-corrected chi connectivity index (χ4v) is 6.60. The molecule has 1 atom stereocenters. The lowest BCUT2D eigenvalue weighted by atomic mass is 9.53. The van der Waals surface area contributed by atoms with E-state index in [0.717, 1.165) is 29.2 Å². The molecule has 4 fully saturated rings. The van der Waals surface area contributed by atoms with Crippen LogP contribution in [0.1, 0.15) is 51.3 Å². The number of hydrogen-bond acceptors (Lipinski definition) is 3. The first kappa shape index (κ1) is 18.8. The average molecular weight is 396 g/mol. The zero-order valence-corrected chi connectivity index (χ0v) is 17.2. The number of carbonyl (C=O) groups excluding carboxylic acids is 1. The second-order valence-electron chi connectivity index (χ2n) is 9.73. The molecule has 6 nitrogen and oxygen atoms in total. The Balaban J connectivity index is 1.26. The van der Waals surface area contributed by atoms with Gasteiger partial charge in [-0.3, -0.25) is 9.59 Å². The molecular formula is C23H31N4O2+. The van der Waals surface area contributed by atoms with E-state index in [1.54, 1.807) is 6.07 Å². The van der Waals surface area contributed by atoms with E-state index in [2.05, 4.69) is 22.2 Å². The van der Waals surface area contributed by atoms with Gasteiger partial charge in [0.05, 0.1) is 17.4 Å². The van der Waals surface area contributed by atoms with Gasteiger partial charge in [-0.1, -0.05) is 12.1 Å². The average Bonchev–Trinajstić information content (AvgIpc) is 2.66. The first-order valence-electron chi connectivity index (χ1n) is 11.1. The number of rotatable bonds is 6. The number of nitrogens with one attached hydrogen (secondary N) is 3. The first-order chi connectivity index (χ1) is 14.0. The molecule has 154 valence electrons. The fraction of sp³-hybridized carbons (Fsp3) is 0.609. The maximum Gasteiger partial charge on any atom is 0.275 e. The van der Waals surface area contributed by atoms with E-state index in [9.17, 15) is 9.59 Å². The number of benzene rings is 1. The summed E-state index contributed by atoms with van der Waals surface area (Å²) in [5.41, 5.74) is 0.652. The van der Waals surface area contributed by atoms with Crippen LogP contribution < -0.4 is 15.8 Å². The van der Waals surface area contributed by atoms with E-state index >= 15 is 0 Å². The maximum absolute atomic E-state index is 12.9. The molecule has 1 aromatic heterocycles. The summed E-state index contributed by atoms with van der Waals surface area (Å²) in [6.45, 7) is 3.86. The third-order valence-electron chi connectivity index (χ3n) is 7.43. The molecule has 1 unspecified atom stereocenters. The van der Waals surface area contributed by atoms with Crippen LogP contribution in [0.25, 0.3) is 10.9 Å².